The van der Waals surface area contributed by atoms with Gasteiger partial charge < -0.3 is 10.6 Å². The van der Waals surface area contributed by atoms with Crippen molar-refractivity contribution in [3.05, 3.63) is 21.9 Å². The molecule has 80 valence electrons. The Kier molecular flexibility index (Phi) is 5.15. The molecule has 0 saturated heterocycles. The Morgan fingerprint density at radius 2 is 2.07 bits per heavy atom. The molecule has 2 N–H and O–H groups in total. The molecule has 0 unspecified atom stereocenters. The minimum absolute atomic E-state index is 0.670. The minimum atomic E-state index is 0.670. The molecule has 0 aromatic carbocycles. The Balaban J connectivity index is 2.35. The number of hydrogen-bond acceptors (Lipinski definition) is 3. The summed E-state index contributed by atoms with van der Waals surface area (Å²) in [6.45, 7) is 5.14. The van der Waals surface area contributed by atoms with E-state index in [4.69, 9.17) is 5.73 Å². The van der Waals surface area contributed by atoms with Gasteiger partial charge in [0.2, 0.25) is 0 Å². The van der Waals surface area contributed by atoms with Gasteiger partial charge in [0.15, 0.2) is 0 Å². The molecule has 1 aromatic rings. The summed E-state index contributed by atoms with van der Waals surface area (Å²) in [5, 5.41) is 0. The van der Waals surface area contributed by atoms with Gasteiger partial charge in [-0.3, -0.25) is 0 Å². The molecule has 0 radical (unpaired) electrons. The van der Waals surface area contributed by atoms with E-state index in [0.717, 1.165) is 6.54 Å². The highest BCUT2D eigenvalue weighted by atomic mass is 32.1. The molecule has 0 fully saturated rings. The van der Waals surface area contributed by atoms with Crippen LogP contribution < -0.4 is 5.73 Å². The molecule has 2 nitrogen and oxygen atoms in total. The monoisotopic (exact) mass is 212 g/mol. The van der Waals surface area contributed by atoms with Gasteiger partial charge in [-0.05, 0) is 32.1 Å². The lowest BCUT2D eigenvalue weighted by atomic mass is 10.3. The van der Waals surface area contributed by atoms with Crippen molar-refractivity contribution in [2.45, 2.75) is 32.9 Å². The molecule has 14 heavy (non-hydrogen) atoms. The molecule has 0 aliphatic heterocycles. The molecule has 0 saturated carbocycles. The zero-order valence-electron chi connectivity index (χ0n) is 9.12. The van der Waals surface area contributed by atoms with Crippen molar-refractivity contribution in [1.82, 2.24) is 4.90 Å². The van der Waals surface area contributed by atoms with Gasteiger partial charge in [0.25, 0.3) is 0 Å². The standard InChI is InChI=1S/C11H20N2S/c1-3-4-7-13(2)9-11-6-5-10(8-12)14-11/h5-6H,3-4,7-9,12H2,1-2H3. The molecule has 1 heterocycles. The average Bonchev–Trinajstić information content (AvgIpc) is 2.62. The van der Waals surface area contributed by atoms with Crippen molar-refractivity contribution in [3.63, 3.8) is 0 Å². The maximum atomic E-state index is 5.57. The van der Waals surface area contributed by atoms with Crippen LogP contribution in [0.3, 0.4) is 0 Å². The van der Waals surface area contributed by atoms with Gasteiger partial charge in [0.1, 0.15) is 0 Å². The molecule has 1 rings (SSSR count). The number of rotatable bonds is 6. The van der Waals surface area contributed by atoms with Crippen molar-refractivity contribution in [2.24, 2.45) is 5.73 Å². The van der Waals surface area contributed by atoms with E-state index in [0.29, 0.717) is 6.54 Å². The summed E-state index contributed by atoms with van der Waals surface area (Å²) in [5.74, 6) is 0. The van der Waals surface area contributed by atoms with Gasteiger partial charge in [-0.15, -0.1) is 11.3 Å². The Labute approximate surface area is 90.7 Å². The van der Waals surface area contributed by atoms with Crippen LogP contribution in [0.25, 0.3) is 0 Å². The zero-order chi connectivity index (χ0) is 10.4. The predicted octanol–water partition coefficient (Wildman–Crippen LogP) is 2.44. The second-order valence-corrected chi connectivity index (χ2v) is 4.92. The Hall–Kier alpha value is -0.380. The molecule has 0 spiro atoms. The second kappa shape index (κ2) is 6.17. The first-order chi connectivity index (χ1) is 6.76. The first kappa shape index (κ1) is 11.7. The predicted molar refractivity (Wildman–Crippen MR) is 63.5 cm³/mol. The fourth-order valence-electron chi connectivity index (χ4n) is 1.39. The van der Waals surface area contributed by atoms with E-state index in [1.807, 2.05) is 11.3 Å². The summed E-state index contributed by atoms with van der Waals surface area (Å²) in [6, 6.07) is 4.32. The van der Waals surface area contributed by atoms with Gasteiger partial charge in [0.05, 0.1) is 0 Å². The lowest BCUT2D eigenvalue weighted by Gasteiger charge is -2.14. The van der Waals surface area contributed by atoms with E-state index in [1.54, 1.807) is 0 Å². The van der Waals surface area contributed by atoms with Crippen LogP contribution in [0.5, 0.6) is 0 Å². The van der Waals surface area contributed by atoms with Gasteiger partial charge in [-0.2, -0.15) is 0 Å². The number of thiophene rings is 1. The highest BCUT2D eigenvalue weighted by Gasteiger charge is 2.02. The third kappa shape index (κ3) is 3.78. The molecule has 3 heteroatoms. The Morgan fingerprint density at radius 1 is 1.36 bits per heavy atom. The van der Waals surface area contributed by atoms with E-state index in [1.165, 1.54) is 29.1 Å². The lowest BCUT2D eigenvalue weighted by Crippen LogP contribution is -2.18. The summed E-state index contributed by atoms with van der Waals surface area (Å²) in [5.41, 5.74) is 5.57. The van der Waals surface area contributed by atoms with Crippen LogP contribution in [0.1, 0.15) is 29.5 Å². The molecule has 0 atom stereocenters. The quantitative estimate of drug-likeness (QED) is 0.785. The van der Waals surface area contributed by atoms with Crippen LogP contribution in [-0.4, -0.2) is 18.5 Å². The molecule has 0 amide bonds. The lowest BCUT2D eigenvalue weighted by molar-refractivity contribution is 0.323. The topological polar surface area (TPSA) is 29.3 Å². The van der Waals surface area contributed by atoms with E-state index >= 15 is 0 Å². The van der Waals surface area contributed by atoms with E-state index in [9.17, 15) is 0 Å². The van der Waals surface area contributed by atoms with Crippen molar-refractivity contribution < 1.29 is 0 Å². The van der Waals surface area contributed by atoms with E-state index < -0.39 is 0 Å². The number of hydrogen-bond donors (Lipinski definition) is 1. The van der Waals surface area contributed by atoms with Crippen LogP contribution in [-0.2, 0) is 13.1 Å². The number of unbranched alkanes of at least 4 members (excludes halogenated alkanes) is 1. The van der Waals surface area contributed by atoms with Crippen molar-refractivity contribution in [3.8, 4) is 0 Å². The average molecular weight is 212 g/mol. The van der Waals surface area contributed by atoms with Gasteiger partial charge in [-0.25, -0.2) is 0 Å². The van der Waals surface area contributed by atoms with E-state index in [-0.39, 0.29) is 0 Å². The SMILES string of the molecule is CCCCN(C)Cc1ccc(CN)s1. The van der Waals surface area contributed by atoms with E-state index in [2.05, 4.69) is 31.0 Å². The van der Waals surface area contributed by atoms with Gasteiger partial charge >= 0.3 is 0 Å². The summed E-state index contributed by atoms with van der Waals surface area (Å²) in [6.07, 6.45) is 2.55. The first-order valence-corrected chi connectivity index (χ1v) is 6.04. The molecule has 0 bridgehead atoms. The first-order valence-electron chi connectivity index (χ1n) is 5.22. The van der Waals surface area contributed by atoms with Crippen LogP contribution in [0.15, 0.2) is 12.1 Å². The summed E-state index contributed by atoms with van der Waals surface area (Å²) < 4.78 is 0. The summed E-state index contributed by atoms with van der Waals surface area (Å²) in [7, 11) is 2.18. The van der Waals surface area contributed by atoms with Crippen LogP contribution in [0, 0.1) is 0 Å². The van der Waals surface area contributed by atoms with Crippen molar-refractivity contribution >= 4 is 11.3 Å². The van der Waals surface area contributed by atoms with Crippen LogP contribution in [0.2, 0.25) is 0 Å². The fourth-order valence-corrected chi connectivity index (χ4v) is 2.37. The minimum Gasteiger partial charge on any atom is -0.326 e. The largest absolute Gasteiger partial charge is 0.326 e. The fraction of sp³-hybridized carbons (Fsp3) is 0.636. The second-order valence-electron chi connectivity index (χ2n) is 3.66. The van der Waals surface area contributed by atoms with Crippen molar-refractivity contribution in [2.75, 3.05) is 13.6 Å². The molecule has 0 aliphatic rings. The third-order valence-corrected chi connectivity index (χ3v) is 3.33. The molecule has 1 aromatic heterocycles. The maximum absolute atomic E-state index is 5.57. The molecular formula is C11H20N2S. The highest BCUT2D eigenvalue weighted by molar-refractivity contribution is 7.11. The zero-order valence-corrected chi connectivity index (χ0v) is 9.94. The Morgan fingerprint density at radius 3 is 2.64 bits per heavy atom. The number of nitrogens with zero attached hydrogens (tertiary/aromatic N) is 1. The van der Waals surface area contributed by atoms with Gasteiger partial charge in [-0.1, -0.05) is 13.3 Å². The molecule has 0 aliphatic carbocycles. The normalized spacial score (nSPS) is 11.1. The maximum Gasteiger partial charge on any atom is 0.0324 e. The van der Waals surface area contributed by atoms with Crippen molar-refractivity contribution in [1.29, 1.82) is 0 Å². The van der Waals surface area contributed by atoms with Crippen LogP contribution in [0.4, 0.5) is 0 Å². The van der Waals surface area contributed by atoms with Crippen LogP contribution >= 0.6 is 11.3 Å². The third-order valence-electron chi connectivity index (χ3n) is 2.24. The Bertz CT molecular complexity index is 258. The highest BCUT2D eigenvalue weighted by Crippen LogP contribution is 2.17. The summed E-state index contributed by atoms with van der Waals surface area (Å²) in [4.78, 5) is 5.07. The van der Waals surface area contributed by atoms with Gasteiger partial charge in [0, 0.05) is 22.8 Å². The summed E-state index contributed by atoms with van der Waals surface area (Å²) >= 11 is 1.83. The smallest absolute Gasteiger partial charge is 0.0324 e. The number of nitrogens with two attached hydrogens (primary N) is 1. The molecular weight excluding hydrogens is 192 g/mol.